The highest BCUT2D eigenvalue weighted by Crippen LogP contribution is 2.49. The van der Waals surface area contributed by atoms with Crippen molar-refractivity contribution >= 4 is 34.4 Å². The Bertz CT molecular complexity index is 1470. The Hall–Kier alpha value is -4.10. The van der Waals surface area contributed by atoms with E-state index in [2.05, 4.69) is 5.32 Å². The summed E-state index contributed by atoms with van der Waals surface area (Å²) in [6.45, 7) is 0. The zero-order valence-corrected chi connectivity index (χ0v) is 21.2. The van der Waals surface area contributed by atoms with Crippen molar-refractivity contribution in [3.63, 3.8) is 0 Å². The molecule has 2 aliphatic rings. The number of nitrogens with zero attached hydrogens (tertiary/aromatic N) is 1. The molecular formula is C30H26N2O4S. The maximum Gasteiger partial charge on any atom is 0.233 e. The predicted molar refractivity (Wildman–Crippen MR) is 144 cm³/mol. The lowest BCUT2D eigenvalue weighted by Gasteiger charge is -2.35. The minimum absolute atomic E-state index is 0.00668. The van der Waals surface area contributed by atoms with Gasteiger partial charge in [0.05, 0.1) is 37.2 Å². The molecule has 1 N–H and O–H groups in total. The minimum Gasteiger partial charge on any atom is -0.496 e. The number of allylic oxidation sites excluding steroid dienone is 1. The maximum absolute atomic E-state index is 14.1. The van der Waals surface area contributed by atoms with Gasteiger partial charge in [-0.05, 0) is 48.2 Å². The van der Waals surface area contributed by atoms with E-state index in [1.54, 1.807) is 29.6 Å². The summed E-state index contributed by atoms with van der Waals surface area (Å²) < 4.78 is 11.4. The first-order valence-corrected chi connectivity index (χ1v) is 13.1. The van der Waals surface area contributed by atoms with Crippen LogP contribution in [0.3, 0.4) is 0 Å². The molecule has 2 aromatic heterocycles. The Balaban J connectivity index is 1.56. The number of carbonyl (C=O) groups is 2. The van der Waals surface area contributed by atoms with Crippen LogP contribution in [0.2, 0.25) is 0 Å². The number of benzene rings is 2. The smallest absolute Gasteiger partial charge is 0.233 e. The van der Waals surface area contributed by atoms with Gasteiger partial charge in [-0.25, -0.2) is 0 Å². The number of ketones is 1. The number of ether oxygens (including phenoxy) is 1. The lowest BCUT2D eigenvalue weighted by Crippen LogP contribution is -2.39. The summed E-state index contributed by atoms with van der Waals surface area (Å²) in [6.07, 6.45) is 2.79. The number of hydrogen-bond donors (Lipinski definition) is 1. The first kappa shape index (κ1) is 23.3. The average molecular weight is 511 g/mol. The number of amides is 1. The molecule has 3 heterocycles. The van der Waals surface area contributed by atoms with E-state index in [0.717, 1.165) is 33.3 Å². The molecular weight excluding hydrogens is 484 g/mol. The zero-order valence-electron chi connectivity index (χ0n) is 20.3. The molecule has 0 fully saturated rings. The van der Waals surface area contributed by atoms with Crippen LogP contribution < -0.4 is 15.0 Å². The number of rotatable bonds is 5. The molecule has 6 nitrogen and oxygen atoms in total. The molecule has 186 valence electrons. The van der Waals surface area contributed by atoms with Gasteiger partial charge < -0.3 is 14.5 Å². The topological polar surface area (TPSA) is 71.8 Å². The van der Waals surface area contributed by atoms with Crippen molar-refractivity contribution in [1.29, 1.82) is 0 Å². The van der Waals surface area contributed by atoms with Crippen LogP contribution in [0.1, 0.15) is 41.0 Å². The van der Waals surface area contributed by atoms with Gasteiger partial charge in [0.2, 0.25) is 5.91 Å². The third kappa shape index (κ3) is 4.25. The Morgan fingerprint density at radius 3 is 2.68 bits per heavy atom. The van der Waals surface area contributed by atoms with Gasteiger partial charge in [-0.2, -0.15) is 0 Å². The van der Waals surface area contributed by atoms with Crippen molar-refractivity contribution in [2.75, 3.05) is 17.3 Å². The number of carbonyl (C=O) groups excluding carboxylic acids is 2. The normalized spacial score (nSPS) is 19.1. The third-order valence-electron chi connectivity index (χ3n) is 7.04. The van der Waals surface area contributed by atoms with Gasteiger partial charge in [0.1, 0.15) is 11.5 Å². The standard InChI is InChI=1S/C30H26N2O4S/c1-35-27-12-5-2-9-21(27)30-29-23(16-19(17-25(29)33)26-13-6-14-36-26)31-22-10-3-4-11-24(22)32(30)28(34)18-20-8-7-15-37-20/h2-15,19,30-31H,16-18H2,1H3/t19-,30-/m1/s1. The van der Waals surface area contributed by atoms with Crippen LogP contribution in [-0.2, 0) is 16.0 Å². The van der Waals surface area contributed by atoms with E-state index >= 15 is 0 Å². The number of Topliss-reactive ketones (excluding diaryl/α,β-unsaturated/α-hetero) is 1. The van der Waals surface area contributed by atoms with E-state index in [9.17, 15) is 9.59 Å². The van der Waals surface area contributed by atoms with Gasteiger partial charge in [-0.1, -0.05) is 36.4 Å². The number of hydrogen-bond acceptors (Lipinski definition) is 6. The van der Waals surface area contributed by atoms with Crippen LogP contribution in [0.4, 0.5) is 11.4 Å². The molecule has 1 aliphatic heterocycles. The third-order valence-corrected chi connectivity index (χ3v) is 7.92. The van der Waals surface area contributed by atoms with Crippen LogP contribution in [0, 0.1) is 0 Å². The lowest BCUT2D eigenvalue weighted by atomic mass is 9.79. The summed E-state index contributed by atoms with van der Waals surface area (Å²) in [6, 6.07) is 22.4. The van der Waals surface area contributed by atoms with Crippen LogP contribution in [0.5, 0.6) is 5.75 Å². The SMILES string of the molecule is COc1ccccc1[C@@H]1C2=C(C[C@@H](c3ccco3)CC2=O)Nc2ccccc2N1C(=O)Cc1cccs1. The van der Waals surface area contributed by atoms with Crippen molar-refractivity contribution < 1.29 is 18.7 Å². The fraction of sp³-hybridized carbons (Fsp3) is 0.200. The largest absolute Gasteiger partial charge is 0.496 e. The van der Waals surface area contributed by atoms with Crippen molar-refractivity contribution in [3.05, 3.63) is 112 Å². The second-order valence-electron chi connectivity index (χ2n) is 9.24. The number of anilines is 2. The van der Waals surface area contributed by atoms with Crippen molar-refractivity contribution in [2.45, 2.75) is 31.2 Å². The van der Waals surface area contributed by atoms with Crippen molar-refractivity contribution in [3.8, 4) is 5.75 Å². The van der Waals surface area contributed by atoms with E-state index in [-0.39, 0.29) is 24.0 Å². The number of thiophene rings is 1. The fourth-order valence-corrected chi connectivity index (χ4v) is 6.12. The van der Waals surface area contributed by atoms with Gasteiger partial charge in [0, 0.05) is 34.0 Å². The predicted octanol–water partition coefficient (Wildman–Crippen LogP) is 6.49. The summed E-state index contributed by atoms with van der Waals surface area (Å²) in [7, 11) is 1.62. The Morgan fingerprint density at radius 1 is 1.05 bits per heavy atom. The Labute approximate surface area is 219 Å². The van der Waals surface area contributed by atoms with Crippen LogP contribution >= 0.6 is 11.3 Å². The van der Waals surface area contributed by atoms with E-state index in [0.29, 0.717) is 24.2 Å². The molecule has 0 bridgehead atoms. The summed E-state index contributed by atoms with van der Waals surface area (Å²) in [4.78, 5) is 30.9. The molecule has 0 radical (unpaired) electrons. The molecule has 1 amide bonds. The van der Waals surface area contributed by atoms with Crippen molar-refractivity contribution in [1.82, 2.24) is 0 Å². The van der Waals surface area contributed by atoms with E-state index in [1.807, 2.05) is 78.2 Å². The number of para-hydroxylation sites is 3. The zero-order chi connectivity index (χ0) is 25.4. The first-order chi connectivity index (χ1) is 18.1. The van der Waals surface area contributed by atoms with Crippen molar-refractivity contribution in [2.24, 2.45) is 0 Å². The molecule has 0 saturated heterocycles. The summed E-state index contributed by atoms with van der Waals surface area (Å²) in [5, 5.41) is 5.52. The Kier molecular flexibility index (Phi) is 6.14. The Morgan fingerprint density at radius 2 is 1.89 bits per heavy atom. The molecule has 37 heavy (non-hydrogen) atoms. The highest BCUT2D eigenvalue weighted by molar-refractivity contribution is 7.10. The molecule has 0 unspecified atom stereocenters. The first-order valence-electron chi connectivity index (χ1n) is 12.3. The minimum atomic E-state index is -0.639. The number of furan rings is 1. The quantitative estimate of drug-likeness (QED) is 0.332. The van der Waals surface area contributed by atoms with Crippen LogP contribution in [-0.4, -0.2) is 18.8 Å². The monoisotopic (exact) mass is 510 g/mol. The van der Waals surface area contributed by atoms with Gasteiger partial charge in [-0.3, -0.25) is 14.5 Å². The number of nitrogens with one attached hydrogen (secondary N) is 1. The molecule has 7 heteroatoms. The summed E-state index contributed by atoms with van der Waals surface area (Å²) >= 11 is 1.55. The summed E-state index contributed by atoms with van der Waals surface area (Å²) in [5.41, 5.74) is 3.72. The van der Waals surface area contributed by atoms with Gasteiger partial charge in [0.15, 0.2) is 5.78 Å². The molecule has 2 atom stereocenters. The molecule has 1 aliphatic carbocycles. The second kappa shape index (κ2) is 9.75. The maximum atomic E-state index is 14.1. The lowest BCUT2D eigenvalue weighted by molar-refractivity contribution is -0.118. The van der Waals surface area contributed by atoms with Gasteiger partial charge in [-0.15, -0.1) is 11.3 Å². The highest BCUT2D eigenvalue weighted by Gasteiger charge is 2.43. The molecule has 2 aromatic carbocycles. The number of fused-ring (bicyclic) bond motifs is 1. The van der Waals surface area contributed by atoms with Gasteiger partial charge in [0.25, 0.3) is 0 Å². The molecule has 0 spiro atoms. The van der Waals surface area contributed by atoms with Crippen LogP contribution in [0.25, 0.3) is 0 Å². The highest BCUT2D eigenvalue weighted by atomic mass is 32.1. The average Bonchev–Trinajstić information content (AvgIpc) is 3.61. The fourth-order valence-electron chi connectivity index (χ4n) is 5.42. The van der Waals surface area contributed by atoms with Gasteiger partial charge >= 0.3 is 0 Å². The number of methoxy groups -OCH3 is 1. The molecule has 6 rings (SSSR count). The van der Waals surface area contributed by atoms with E-state index in [1.165, 1.54) is 0 Å². The van der Waals surface area contributed by atoms with E-state index in [4.69, 9.17) is 9.15 Å². The summed E-state index contributed by atoms with van der Waals surface area (Å²) in [5.74, 6) is 1.26. The second-order valence-corrected chi connectivity index (χ2v) is 10.3. The van der Waals surface area contributed by atoms with E-state index < -0.39 is 6.04 Å². The van der Waals surface area contributed by atoms with Crippen LogP contribution in [0.15, 0.2) is 100 Å². The molecule has 4 aromatic rings. The molecule has 0 saturated carbocycles.